The molecule has 2 aromatic carbocycles. The number of hydrogen-bond acceptors (Lipinski definition) is 4. The molecule has 0 saturated carbocycles. The molecule has 2 aromatic heterocycles. The van der Waals surface area contributed by atoms with Crippen LogP contribution in [0.1, 0.15) is 16.3 Å². The molecule has 130 valence electrons. The molecule has 0 radical (unpaired) electrons. The number of aromatic nitrogens is 3. The SMILES string of the molecule is Cc1csc(/C(C#N)=C/c2cn(-c3ccccc3)nc2-c2ccccc2)n1. The van der Waals surface area contributed by atoms with E-state index in [1.807, 2.05) is 89.9 Å². The summed E-state index contributed by atoms with van der Waals surface area (Å²) in [5, 5.41) is 17.1. The number of hydrogen-bond donors (Lipinski definition) is 0. The van der Waals surface area contributed by atoms with E-state index in [0.29, 0.717) is 5.57 Å². The summed E-state index contributed by atoms with van der Waals surface area (Å²) in [5.74, 6) is 0. The van der Waals surface area contributed by atoms with Gasteiger partial charge in [-0.2, -0.15) is 10.4 Å². The molecule has 4 rings (SSSR count). The van der Waals surface area contributed by atoms with Crippen molar-refractivity contribution in [1.82, 2.24) is 14.8 Å². The summed E-state index contributed by atoms with van der Waals surface area (Å²) in [6, 6.07) is 22.2. The fourth-order valence-electron chi connectivity index (χ4n) is 2.80. The Balaban J connectivity index is 1.87. The van der Waals surface area contributed by atoms with Crippen LogP contribution in [0, 0.1) is 18.3 Å². The number of benzene rings is 2. The minimum Gasteiger partial charge on any atom is -0.241 e. The third-order valence-corrected chi connectivity index (χ3v) is 5.07. The number of nitriles is 1. The van der Waals surface area contributed by atoms with E-state index in [1.165, 1.54) is 11.3 Å². The fraction of sp³-hybridized carbons (Fsp3) is 0.0455. The number of rotatable bonds is 4. The highest BCUT2D eigenvalue weighted by Crippen LogP contribution is 2.28. The van der Waals surface area contributed by atoms with Gasteiger partial charge in [0.1, 0.15) is 11.1 Å². The van der Waals surface area contributed by atoms with Crippen LogP contribution in [0.2, 0.25) is 0 Å². The smallest absolute Gasteiger partial charge is 0.134 e. The molecule has 0 unspecified atom stereocenters. The normalized spacial score (nSPS) is 11.3. The maximum absolute atomic E-state index is 9.66. The maximum atomic E-state index is 9.66. The van der Waals surface area contributed by atoms with Gasteiger partial charge in [0.05, 0.1) is 17.0 Å². The van der Waals surface area contributed by atoms with Gasteiger partial charge >= 0.3 is 0 Å². The van der Waals surface area contributed by atoms with Gasteiger partial charge in [-0.25, -0.2) is 9.67 Å². The van der Waals surface area contributed by atoms with Gasteiger partial charge in [-0.05, 0) is 25.1 Å². The summed E-state index contributed by atoms with van der Waals surface area (Å²) >= 11 is 1.48. The van der Waals surface area contributed by atoms with E-state index in [4.69, 9.17) is 5.10 Å². The molecule has 0 saturated heterocycles. The molecular formula is C22H16N4S. The lowest BCUT2D eigenvalue weighted by Gasteiger charge is -2.00. The van der Waals surface area contributed by atoms with E-state index in [1.54, 1.807) is 0 Å². The van der Waals surface area contributed by atoms with Crippen molar-refractivity contribution in [2.24, 2.45) is 0 Å². The maximum Gasteiger partial charge on any atom is 0.134 e. The van der Waals surface area contributed by atoms with Gasteiger partial charge < -0.3 is 0 Å². The summed E-state index contributed by atoms with van der Waals surface area (Å²) in [6.45, 7) is 1.93. The van der Waals surface area contributed by atoms with Gasteiger partial charge in [0.25, 0.3) is 0 Å². The van der Waals surface area contributed by atoms with Gasteiger partial charge in [0.15, 0.2) is 0 Å². The van der Waals surface area contributed by atoms with Crippen LogP contribution in [0.15, 0.2) is 72.2 Å². The highest BCUT2D eigenvalue weighted by molar-refractivity contribution is 7.11. The lowest BCUT2D eigenvalue weighted by Crippen LogP contribution is -1.93. The molecule has 4 nitrogen and oxygen atoms in total. The summed E-state index contributed by atoms with van der Waals surface area (Å²) < 4.78 is 1.84. The molecule has 0 fully saturated rings. The minimum absolute atomic E-state index is 0.540. The number of para-hydroxylation sites is 1. The lowest BCUT2D eigenvalue weighted by molar-refractivity contribution is 0.884. The molecule has 4 aromatic rings. The molecule has 0 aliphatic rings. The summed E-state index contributed by atoms with van der Waals surface area (Å²) in [5.41, 5.74) is 5.15. The largest absolute Gasteiger partial charge is 0.241 e. The number of nitrogens with zero attached hydrogens (tertiary/aromatic N) is 4. The lowest BCUT2D eigenvalue weighted by atomic mass is 10.1. The fourth-order valence-corrected chi connectivity index (χ4v) is 3.56. The van der Waals surface area contributed by atoms with Crippen molar-refractivity contribution in [2.75, 3.05) is 0 Å². The second-order valence-corrected chi connectivity index (χ2v) is 6.90. The molecule has 5 heteroatoms. The minimum atomic E-state index is 0.540. The van der Waals surface area contributed by atoms with E-state index in [0.717, 1.165) is 33.2 Å². The van der Waals surface area contributed by atoms with Crippen molar-refractivity contribution in [2.45, 2.75) is 6.92 Å². The predicted octanol–water partition coefficient (Wildman–Crippen LogP) is 5.37. The Kier molecular flexibility index (Phi) is 4.65. The molecule has 0 bridgehead atoms. The molecule has 27 heavy (non-hydrogen) atoms. The Bertz CT molecular complexity index is 1130. The van der Waals surface area contributed by atoms with Crippen LogP contribution in [0.25, 0.3) is 28.6 Å². The Morgan fingerprint density at radius 1 is 1.07 bits per heavy atom. The molecule has 0 N–H and O–H groups in total. The Hall–Kier alpha value is -3.49. The van der Waals surface area contributed by atoms with E-state index in [-0.39, 0.29) is 0 Å². The van der Waals surface area contributed by atoms with E-state index in [9.17, 15) is 5.26 Å². The quantitative estimate of drug-likeness (QED) is 0.455. The molecule has 0 aliphatic heterocycles. The molecule has 0 aliphatic carbocycles. The van der Waals surface area contributed by atoms with Gasteiger partial charge in [-0.1, -0.05) is 48.5 Å². The van der Waals surface area contributed by atoms with E-state index in [2.05, 4.69) is 11.1 Å². The highest BCUT2D eigenvalue weighted by Gasteiger charge is 2.13. The first-order valence-corrected chi connectivity index (χ1v) is 9.37. The highest BCUT2D eigenvalue weighted by atomic mass is 32.1. The van der Waals surface area contributed by atoms with Crippen LogP contribution in [-0.2, 0) is 0 Å². The molecular weight excluding hydrogens is 352 g/mol. The Labute approximate surface area is 161 Å². The van der Waals surface area contributed by atoms with Crippen molar-refractivity contribution in [3.63, 3.8) is 0 Å². The van der Waals surface area contributed by atoms with Gasteiger partial charge in [-0.15, -0.1) is 11.3 Å². The average Bonchev–Trinajstić information content (AvgIpc) is 3.34. The van der Waals surface area contributed by atoms with Gasteiger partial charge in [0.2, 0.25) is 0 Å². The first-order chi connectivity index (χ1) is 13.2. The number of thiazole rings is 1. The second kappa shape index (κ2) is 7.40. The van der Waals surface area contributed by atoms with Crippen LogP contribution < -0.4 is 0 Å². The number of aryl methyl sites for hydroxylation is 1. The molecule has 0 spiro atoms. The van der Waals surface area contributed by atoms with Crippen molar-refractivity contribution < 1.29 is 0 Å². The first kappa shape index (κ1) is 17.0. The Morgan fingerprint density at radius 2 is 1.78 bits per heavy atom. The zero-order valence-electron chi connectivity index (χ0n) is 14.7. The zero-order chi connectivity index (χ0) is 18.6. The molecule has 0 atom stereocenters. The summed E-state index contributed by atoms with van der Waals surface area (Å²) in [7, 11) is 0. The topological polar surface area (TPSA) is 54.5 Å². The third kappa shape index (κ3) is 3.57. The predicted molar refractivity (Wildman–Crippen MR) is 109 cm³/mol. The first-order valence-electron chi connectivity index (χ1n) is 8.49. The third-order valence-electron chi connectivity index (χ3n) is 4.08. The van der Waals surface area contributed by atoms with Crippen LogP contribution >= 0.6 is 11.3 Å². The molecule has 2 heterocycles. The van der Waals surface area contributed by atoms with E-state index < -0.39 is 0 Å². The second-order valence-electron chi connectivity index (χ2n) is 6.04. The monoisotopic (exact) mass is 368 g/mol. The van der Waals surface area contributed by atoms with Gasteiger partial charge in [-0.3, -0.25) is 0 Å². The van der Waals surface area contributed by atoms with Gasteiger partial charge in [0, 0.05) is 28.4 Å². The molecule has 0 amide bonds. The average molecular weight is 368 g/mol. The van der Waals surface area contributed by atoms with Crippen molar-refractivity contribution in [3.8, 4) is 23.0 Å². The van der Waals surface area contributed by atoms with Crippen LogP contribution in [0.5, 0.6) is 0 Å². The summed E-state index contributed by atoms with van der Waals surface area (Å²) in [4.78, 5) is 4.45. The van der Waals surface area contributed by atoms with Crippen LogP contribution in [0.3, 0.4) is 0 Å². The number of allylic oxidation sites excluding steroid dienone is 1. The summed E-state index contributed by atoms with van der Waals surface area (Å²) in [6.07, 6.45) is 3.82. The zero-order valence-corrected chi connectivity index (χ0v) is 15.5. The Morgan fingerprint density at radius 3 is 2.41 bits per heavy atom. The van der Waals surface area contributed by atoms with Crippen LogP contribution in [-0.4, -0.2) is 14.8 Å². The van der Waals surface area contributed by atoms with Crippen molar-refractivity contribution >= 4 is 23.0 Å². The standard InChI is InChI=1S/C22H16N4S/c1-16-15-27-22(24-16)18(13-23)12-19-14-26(20-10-6-3-7-11-20)25-21(19)17-8-4-2-5-9-17/h2-12,14-15H,1H3/b18-12+. The van der Waals surface area contributed by atoms with Crippen LogP contribution in [0.4, 0.5) is 0 Å². The van der Waals surface area contributed by atoms with Crippen molar-refractivity contribution in [1.29, 1.82) is 5.26 Å². The van der Waals surface area contributed by atoms with Crippen molar-refractivity contribution in [3.05, 3.63) is 88.5 Å². The van der Waals surface area contributed by atoms with E-state index >= 15 is 0 Å².